The minimum Gasteiger partial charge on any atom is -0.337 e. The second-order valence-corrected chi connectivity index (χ2v) is 6.83. The average Bonchev–Trinajstić information content (AvgIpc) is 2.84. The van der Waals surface area contributed by atoms with Crippen molar-refractivity contribution in [3.8, 4) is 0 Å². The summed E-state index contributed by atoms with van der Waals surface area (Å²) in [5.41, 5.74) is 2.54. The van der Waals surface area contributed by atoms with Crippen LogP contribution in [-0.4, -0.2) is 46.4 Å². The molecule has 1 saturated heterocycles. The molecule has 0 spiro atoms. The number of rotatable bonds is 6. The van der Waals surface area contributed by atoms with Crippen LogP contribution >= 0.6 is 0 Å². The molecule has 0 bridgehead atoms. The molecule has 1 aromatic heterocycles. The molecule has 25 heavy (non-hydrogen) atoms. The Morgan fingerprint density at radius 2 is 1.76 bits per heavy atom. The Morgan fingerprint density at radius 1 is 1.00 bits per heavy atom. The molecule has 1 amide bonds. The second kappa shape index (κ2) is 8.77. The van der Waals surface area contributed by atoms with Gasteiger partial charge in [0.05, 0.1) is 0 Å². The molecule has 2 heterocycles. The maximum Gasteiger partial charge on any atom is 0.224 e. The van der Waals surface area contributed by atoms with E-state index in [4.69, 9.17) is 0 Å². The van der Waals surface area contributed by atoms with Crippen LogP contribution < -0.4 is 0 Å². The first kappa shape index (κ1) is 17.6. The van der Waals surface area contributed by atoms with E-state index in [2.05, 4.69) is 47.1 Å². The van der Waals surface area contributed by atoms with Crippen LogP contribution in [0.2, 0.25) is 0 Å². The fraction of sp³-hybridized carbons (Fsp3) is 0.429. The molecule has 0 N–H and O–H groups in total. The van der Waals surface area contributed by atoms with Gasteiger partial charge < -0.3 is 4.90 Å². The molecule has 1 unspecified atom stereocenters. The van der Waals surface area contributed by atoms with Crippen molar-refractivity contribution in [3.63, 3.8) is 0 Å². The van der Waals surface area contributed by atoms with Crippen LogP contribution in [0.5, 0.6) is 0 Å². The van der Waals surface area contributed by atoms with Gasteiger partial charge in [0.1, 0.15) is 0 Å². The van der Waals surface area contributed by atoms with Gasteiger partial charge in [-0.05, 0) is 43.0 Å². The summed E-state index contributed by atoms with van der Waals surface area (Å²) in [5, 5.41) is 0. The van der Waals surface area contributed by atoms with Gasteiger partial charge in [-0.2, -0.15) is 0 Å². The van der Waals surface area contributed by atoms with Gasteiger partial charge >= 0.3 is 0 Å². The number of hydrogen-bond acceptors (Lipinski definition) is 3. The number of nitrogens with zero attached hydrogens (tertiary/aromatic N) is 3. The molecule has 1 aliphatic rings. The molecule has 0 radical (unpaired) electrons. The Labute approximate surface area is 150 Å². The monoisotopic (exact) mass is 337 g/mol. The van der Waals surface area contributed by atoms with Crippen LogP contribution in [0.3, 0.4) is 0 Å². The van der Waals surface area contributed by atoms with E-state index in [1.807, 2.05) is 17.0 Å². The van der Waals surface area contributed by atoms with Crippen molar-refractivity contribution in [1.82, 2.24) is 14.8 Å². The number of pyridine rings is 1. The third-order valence-corrected chi connectivity index (χ3v) is 5.06. The fourth-order valence-electron chi connectivity index (χ4n) is 3.40. The largest absolute Gasteiger partial charge is 0.337 e. The molecule has 1 fully saturated rings. The van der Waals surface area contributed by atoms with Crippen molar-refractivity contribution in [2.45, 2.75) is 38.8 Å². The topological polar surface area (TPSA) is 36.4 Å². The third kappa shape index (κ3) is 5.13. The molecular weight excluding hydrogens is 310 g/mol. The second-order valence-electron chi connectivity index (χ2n) is 6.83. The summed E-state index contributed by atoms with van der Waals surface area (Å²) in [4.78, 5) is 20.9. The Bertz CT molecular complexity index is 659. The van der Waals surface area contributed by atoms with Gasteiger partial charge in [0.15, 0.2) is 0 Å². The Kier molecular flexibility index (Phi) is 6.18. The van der Waals surface area contributed by atoms with Gasteiger partial charge in [-0.3, -0.25) is 14.7 Å². The Morgan fingerprint density at radius 3 is 2.52 bits per heavy atom. The third-order valence-electron chi connectivity index (χ3n) is 5.06. The average molecular weight is 337 g/mol. The van der Waals surface area contributed by atoms with E-state index >= 15 is 0 Å². The molecule has 0 saturated carbocycles. The smallest absolute Gasteiger partial charge is 0.224 e. The van der Waals surface area contributed by atoms with E-state index in [0.29, 0.717) is 19.0 Å². The van der Waals surface area contributed by atoms with Crippen LogP contribution in [0.15, 0.2) is 54.9 Å². The number of amides is 1. The molecule has 3 rings (SSSR count). The number of aryl methyl sites for hydroxylation is 1. The van der Waals surface area contributed by atoms with Crippen LogP contribution in [0.1, 0.15) is 30.9 Å². The van der Waals surface area contributed by atoms with Crippen molar-refractivity contribution in [3.05, 3.63) is 66.0 Å². The molecular formula is C21H27N3O. The number of aromatic nitrogens is 1. The molecule has 1 atom stereocenters. The number of carbonyl (C=O) groups is 1. The normalized spacial score (nSPS) is 17.3. The van der Waals surface area contributed by atoms with E-state index in [1.165, 1.54) is 5.56 Å². The highest BCUT2D eigenvalue weighted by molar-refractivity contribution is 5.76. The summed E-state index contributed by atoms with van der Waals surface area (Å²) in [6.07, 6.45) is 6.40. The first-order valence-corrected chi connectivity index (χ1v) is 9.17. The summed E-state index contributed by atoms with van der Waals surface area (Å²) in [7, 11) is 0. The molecule has 4 heteroatoms. The van der Waals surface area contributed by atoms with E-state index in [1.54, 1.807) is 12.4 Å². The minimum absolute atomic E-state index is 0.259. The lowest BCUT2D eigenvalue weighted by Gasteiger charge is -2.27. The maximum absolute atomic E-state index is 12.4. The molecule has 132 valence electrons. The SMILES string of the molecule is CC(CCc1ccccc1)N1CCC(=O)N(Cc2ccncc2)CC1. The first-order valence-electron chi connectivity index (χ1n) is 9.17. The number of benzene rings is 1. The van der Waals surface area contributed by atoms with Gasteiger partial charge in [-0.1, -0.05) is 30.3 Å². The van der Waals surface area contributed by atoms with Crippen LogP contribution in [0.25, 0.3) is 0 Å². The van der Waals surface area contributed by atoms with E-state index in [9.17, 15) is 4.79 Å². The lowest BCUT2D eigenvalue weighted by atomic mass is 10.1. The van der Waals surface area contributed by atoms with Crippen LogP contribution in [0.4, 0.5) is 0 Å². The molecule has 0 aliphatic carbocycles. The summed E-state index contributed by atoms with van der Waals surface area (Å²) in [5.74, 6) is 0.259. The maximum atomic E-state index is 12.4. The quantitative estimate of drug-likeness (QED) is 0.812. The van der Waals surface area contributed by atoms with Gasteiger partial charge in [0.25, 0.3) is 0 Å². The lowest BCUT2D eigenvalue weighted by molar-refractivity contribution is -0.130. The standard InChI is InChI=1S/C21H27N3O/c1-18(7-8-19-5-3-2-4-6-19)23-14-11-21(25)24(16-15-23)17-20-9-12-22-13-10-20/h2-6,9-10,12-13,18H,7-8,11,14-17H2,1H3. The van der Waals surface area contributed by atoms with Gasteiger partial charge in [-0.25, -0.2) is 0 Å². The Hall–Kier alpha value is -2.20. The highest BCUT2D eigenvalue weighted by atomic mass is 16.2. The van der Waals surface area contributed by atoms with Crippen molar-refractivity contribution in [2.24, 2.45) is 0 Å². The summed E-state index contributed by atoms with van der Waals surface area (Å²) in [6.45, 7) is 5.59. The fourth-order valence-corrected chi connectivity index (χ4v) is 3.40. The summed E-state index contributed by atoms with van der Waals surface area (Å²) < 4.78 is 0. The zero-order valence-electron chi connectivity index (χ0n) is 15.0. The predicted molar refractivity (Wildman–Crippen MR) is 100 cm³/mol. The van der Waals surface area contributed by atoms with Gasteiger partial charge in [0.2, 0.25) is 5.91 Å². The predicted octanol–water partition coefficient (Wildman–Crippen LogP) is 3.14. The number of carbonyl (C=O) groups excluding carboxylic acids is 1. The van der Waals surface area contributed by atoms with Gasteiger partial charge in [-0.15, -0.1) is 0 Å². The first-order chi connectivity index (χ1) is 12.2. The minimum atomic E-state index is 0.259. The van der Waals surface area contributed by atoms with Gasteiger partial charge in [0, 0.05) is 51.0 Å². The Balaban J connectivity index is 1.52. The molecule has 4 nitrogen and oxygen atoms in total. The van der Waals surface area contributed by atoms with E-state index in [0.717, 1.165) is 38.0 Å². The van der Waals surface area contributed by atoms with Crippen molar-refractivity contribution in [2.75, 3.05) is 19.6 Å². The zero-order chi connectivity index (χ0) is 17.5. The van der Waals surface area contributed by atoms with Crippen LogP contribution in [0, 0.1) is 0 Å². The molecule has 1 aliphatic heterocycles. The zero-order valence-corrected chi connectivity index (χ0v) is 15.0. The summed E-state index contributed by atoms with van der Waals surface area (Å²) in [6, 6.07) is 15.1. The molecule has 2 aromatic rings. The lowest BCUT2D eigenvalue weighted by Crippen LogP contribution is -2.37. The number of hydrogen-bond donors (Lipinski definition) is 0. The highest BCUT2D eigenvalue weighted by Gasteiger charge is 2.23. The van der Waals surface area contributed by atoms with E-state index in [-0.39, 0.29) is 5.91 Å². The van der Waals surface area contributed by atoms with Crippen molar-refractivity contribution in [1.29, 1.82) is 0 Å². The summed E-state index contributed by atoms with van der Waals surface area (Å²) >= 11 is 0. The highest BCUT2D eigenvalue weighted by Crippen LogP contribution is 2.15. The van der Waals surface area contributed by atoms with E-state index < -0.39 is 0 Å². The molecule has 1 aromatic carbocycles. The van der Waals surface area contributed by atoms with Crippen molar-refractivity contribution >= 4 is 5.91 Å². The van der Waals surface area contributed by atoms with Crippen LogP contribution in [-0.2, 0) is 17.8 Å². The van der Waals surface area contributed by atoms with Crippen molar-refractivity contribution < 1.29 is 4.79 Å².